The molecule has 0 aliphatic carbocycles. The number of esters is 1. The Morgan fingerprint density at radius 2 is 2.47 bits per heavy atom. The molecule has 0 saturated carbocycles. The minimum absolute atomic E-state index is 0.185. The molecule has 2 aromatic heterocycles. The van der Waals surface area contributed by atoms with Gasteiger partial charge in [-0.1, -0.05) is 20.4 Å². The Morgan fingerprint density at radius 1 is 1.65 bits per heavy atom. The van der Waals surface area contributed by atoms with Crippen molar-refractivity contribution in [2.24, 2.45) is 0 Å². The summed E-state index contributed by atoms with van der Waals surface area (Å²) in [6.07, 6.45) is 0. The number of nitrogens with zero attached hydrogens (tertiary/aromatic N) is 2. The zero-order chi connectivity index (χ0) is 12.3. The second-order valence-corrected chi connectivity index (χ2v) is 4.26. The Bertz CT molecular complexity index is 510. The van der Waals surface area contributed by atoms with Gasteiger partial charge in [0, 0.05) is 17.0 Å². The summed E-state index contributed by atoms with van der Waals surface area (Å²) in [5.41, 5.74) is 1.46. The third-order valence-corrected chi connectivity index (χ3v) is 3.06. The van der Waals surface area contributed by atoms with Crippen LogP contribution in [-0.4, -0.2) is 22.2 Å². The Labute approximate surface area is 110 Å². The molecular weight excluding hydrogens is 308 g/mol. The molecule has 0 saturated heterocycles. The SMILES string of the molecule is CCOC(=O)c1cc(-c2csnn2)c(CBr)o1. The number of halogens is 1. The molecule has 0 amide bonds. The Balaban J connectivity index is 2.36. The van der Waals surface area contributed by atoms with Crippen molar-refractivity contribution in [1.82, 2.24) is 9.59 Å². The van der Waals surface area contributed by atoms with Gasteiger partial charge in [-0.05, 0) is 18.5 Å². The van der Waals surface area contributed by atoms with Crippen molar-refractivity contribution in [2.45, 2.75) is 12.3 Å². The summed E-state index contributed by atoms with van der Waals surface area (Å²) in [4.78, 5) is 11.5. The summed E-state index contributed by atoms with van der Waals surface area (Å²) in [5, 5.41) is 6.25. The van der Waals surface area contributed by atoms with E-state index in [1.807, 2.05) is 0 Å². The molecule has 0 atom stereocenters. The molecular formula is C10H9BrN2O3S. The molecule has 0 bridgehead atoms. The highest BCUT2D eigenvalue weighted by Gasteiger charge is 2.19. The monoisotopic (exact) mass is 316 g/mol. The molecule has 0 spiro atoms. The number of ether oxygens (including phenoxy) is 1. The quantitative estimate of drug-likeness (QED) is 0.641. The Hall–Kier alpha value is -1.21. The fourth-order valence-corrected chi connectivity index (χ4v) is 2.20. The van der Waals surface area contributed by atoms with Gasteiger partial charge in [-0.25, -0.2) is 4.79 Å². The molecule has 2 aromatic rings. The van der Waals surface area contributed by atoms with Crippen LogP contribution in [0.5, 0.6) is 0 Å². The fraction of sp³-hybridized carbons (Fsp3) is 0.300. The summed E-state index contributed by atoms with van der Waals surface area (Å²) in [5.74, 6) is 0.356. The molecule has 2 heterocycles. The molecule has 0 aliphatic rings. The van der Waals surface area contributed by atoms with Crippen molar-refractivity contribution in [2.75, 3.05) is 6.61 Å². The summed E-state index contributed by atoms with van der Waals surface area (Å²) >= 11 is 4.55. The van der Waals surface area contributed by atoms with Crippen molar-refractivity contribution in [3.05, 3.63) is 23.0 Å². The average Bonchev–Trinajstić information content (AvgIpc) is 2.97. The van der Waals surface area contributed by atoms with Crippen LogP contribution in [0.1, 0.15) is 23.2 Å². The lowest BCUT2D eigenvalue weighted by atomic mass is 10.2. The molecule has 7 heteroatoms. The molecule has 2 rings (SSSR count). The van der Waals surface area contributed by atoms with Crippen LogP contribution in [0.3, 0.4) is 0 Å². The first-order valence-electron chi connectivity index (χ1n) is 4.89. The molecule has 0 aliphatic heterocycles. The Kier molecular flexibility index (Phi) is 3.90. The van der Waals surface area contributed by atoms with Gasteiger partial charge >= 0.3 is 5.97 Å². The predicted octanol–water partition coefficient (Wildman–Crippen LogP) is 2.87. The molecule has 0 unspecified atom stereocenters. The molecule has 0 aromatic carbocycles. The highest BCUT2D eigenvalue weighted by atomic mass is 79.9. The first-order chi connectivity index (χ1) is 8.26. The Morgan fingerprint density at radius 3 is 3.06 bits per heavy atom. The smallest absolute Gasteiger partial charge is 0.374 e. The van der Waals surface area contributed by atoms with Crippen LogP contribution < -0.4 is 0 Å². The zero-order valence-corrected chi connectivity index (χ0v) is 11.4. The maximum atomic E-state index is 11.5. The molecule has 0 radical (unpaired) electrons. The van der Waals surface area contributed by atoms with Crippen LogP contribution in [0.4, 0.5) is 0 Å². The lowest BCUT2D eigenvalue weighted by Crippen LogP contribution is -2.02. The third kappa shape index (κ3) is 2.55. The number of carbonyl (C=O) groups is 1. The second kappa shape index (κ2) is 5.42. The van der Waals surface area contributed by atoms with Gasteiger partial charge in [-0.2, -0.15) is 0 Å². The highest BCUT2D eigenvalue weighted by Crippen LogP contribution is 2.28. The van der Waals surface area contributed by atoms with E-state index in [1.165, 1.54) is 11.5 Å². The van der Waals surface area contributed by atoms with E-state index in [4.69, 9.17) is 9.15 Å². The number of rotatable bonds is 4. The predicted molar refractivity (Wildman–Crippen MR) is 66.2 cm³/mol. The first kappa shape index (κ1) is 12.3. The van der Waals surface area contributed by atoms with Crippen molar-refractivity contribution >= 4 is 33.4 Å². The van der Waals surface area contributed by atoms with Gasteiger partial charge in [0.15, 0.2) is 0 Å². The zero-order valence-electron chi connectivity index (χ0n) is 8.97. The van der Waals surface area contributed by atoms with Crippen molar-refractivity contribution in [3.63, 3.8) is 0 Å². The number of hydrogen-bond donors (Lipinski definition) is 0. The van der Waals surface area contributed by atoms with Gasteiger partial charge in [-0.15, -0.1) is 5.10 Å². The molecule has 0 N–H and O–H groups in total. The van der Waals surface area contributed by atoms with Crippen LogP contribution >= 0.6 is 27.5 Å². The van der Waals surface area contributed by atoms with Crippen LogP contribution in [-0.2, 0) is 10.1 Å². The second-order valence-electron chi connectivity index (χ2n) is 3.09. The lowest BCUT2D eigenvalue weighted by molar-refractivity contribution is 0.0488. The van der Waals surface area contributed by atoms with Crippen LogP contribution in [0, 0.1) is 0 Å². The van der Waals surface area contributed by atoms with Crippen molar-refractivity contribution < 1.29 is 13.9 Å². The molecule has 17 heavy (non-hydrogen) atoms. The molecule has 90 valence electrons. The normalized spacial score (nSPS) is 10.5. The van der Waals surface area contributed by atoms with E-state index >= 15 is 0 Å². The maximum absolute atomic E-state index is 11.5. The third-order valence-electron chi connectivity index (χ3n) is 2.04. The summed E-state index contributed by atoms with van der Waals surface area (Å²) < 4.78 is 14.1. The van der Waals surface area contributed by atoms with Crippen LogP contribution in [0.2, 0.25) is 0 Å². The fourth-order valence-electron chi connectivity index (χ4n) is 1.33. The maximum Gasteiger partial charge on any atom is 0.374 e. The first-order valence-corrected chi connectivity index (χ1v) is 6.85. The van der Waals surface area contributed by atoms with Gasteiger partial charge in [-0.3, -0.25) is 0 Å². The lowest BCUT2D eigenvalue weighted by Gasteiger charge is -1.96. The standard InChI is InChI=1S/C10H9BrN2O3S/c1-2-15-10(14)8-3-6(9(4-11)16-8)7-5-17-13-12-7/h3,5H,2,4H2,1H3. The summed E-state index contributed by atoms with van der Waals surface area (Å²) in [6.45, 7) is 2.06. The topological polar surface area (TPSA) is 65.2 Å². The van der Waals surface area contributed by atoms with E-state index in [0.717, 1.165) is 5.56 Å². The van der Waals surface area contributed by atoms with Crippen molar-refractivity contribution in [3.8, 4) is 11.3 Å². The minimum Gasteiger partial charge on any atom is -0.460 e. The minimum atomic E-state index is -0.468. The molecule has 5 nitrogen and oxygen atoms in total. The van der Waals surface area contributed by atoms with Gasteiger partial charge in [0.05, 0.1) is 11.9 Å². The number of furan rings is 1. The van der Waals surface area contributed by atoms with Gasteiger partial charge in [0.2, 0.25) is 5.76 Å². The molecule has 0 fully saturated rings. The number of carbonyl (C=O) groups excluding carboxylic acids is 1. The van der Waals surface area contributed by atoms with E-state index in [2.05, 4.69) is 25.5 Å². The van der Waals surface area contributed by atoms with E-state index in [9.17, 15) is 4.79 Å². The number of aromatic nitrogens is 2. The largest absolute Gasteiger partial charge is 0.460 e. The van der Waals surface area contributed by atoms with E-state index in [-0.39, 0.29) is 5.76 Å². The number of hydrogen-bond acceptors (Lipinski definition) is 6. The number of alkyl halides is 1. The van der Waals surface area contributed by atoms with E-state index in [0.29, 0.717) is 23.4 Å². The summed E-state index contributed by atoms with van der Waals surface area (Å²) in [7, 11) is 0. The summed E-state index contributed by atoms with van der Waals surface area (Å²) in [6, 6.07) is 1.63. The van der Waals surface area contributed by atoms with Crippen LogP contribution in [0.25, 0.3) is 11.3 Å². The van der Waals surface area contributed by atoms with Gasteiger partial charge in [0.1, 0.15) is 11.5 Å². The van der Waals surface area contributed by atoms with E-state index < -0.39 is 5.97 Å². The van der Waals surface area contributed by atoms with Gasteiger partial charge < -0.3 is 9.15 Å². The van der Waals surface area contributed by atoms with E-state index in [1.54, 1.807) is 18.4 Å². The van der Waals surface area contributed by atoms with Crippen LogP contribution in [0.15, 0.2) is 15.9 Å². The highest BCUT2D eigenvalue weighted by molar-refractivity contribution is 9.08. The van der Waals surface area contributed by atoms with Crippen molar-refractivity contribution in [1.29, 1.82) is 0 Å². The van der Waals surface area contributed by atoms with Gasteiger partial charge in [0.25, 0.3) is 0 Å². The average molecular weight is 317 g/mol.